The highest BCUT2D eigenvalue weighted by molar-refractivity contribution is 5.73. The Morgan fingerprint density at radius 2 is 2.14 bits per heavy atom. The zero-order valence-electron chi connectivity index (χ0n) is 12.1. The topological polar surface area (TPSA) is 88.0 Å². The van der Waals surface area contributed by atoms with Crippen molar-refractivity contribution in [1.82, 2.24) is 9.78 Å². The average Bonchev–Trinajstić information content (AvgIpc) is 2.83. The Morgan fingerprint density at radius 3 is 2.71 bits per heavy atom. The third-order valence-corrected chi connectivity index (χ3v) is 3.28. The minimum Gasteiger partial charge on any atom is -0.323 e. The molecule has 0 radical (unpaired) electrons. The first kappa shape index (κ1) is 14.5. The molecule has 0 aliphatic carbocycles. The van der Waals surface area contributed by atoms with Gasteiger partial charge in [0.25, 0.3) is 0 Å². The van der Waals surface area contributed by atoms with E-state index in [2.05, 4.69) is 11.2 Å². The van der Waals surface area contributed by atoms with Crippen LogP contribution in [0.4, 0.5) is 17.2 Å². The maximum Gasteiger partial charge on any atom is 0.334 e. The number of aryl methyl sites for hydroxylation is 2. The Morgan fingerprint density at radius 1 is 1.48 bits per heavy atom. The summed E-state index contributed by atoms with van der Waals surface area (Å²) in [5.41, 5.74) is 1.47. The smallest absolute Gasteiger partial charge is 0.323 e. The number of para-hydroxylation sites is 1. The van der Waals surface area contributed by atoms with Gasteiger partial charge in [0.05, 0.1) is 16.2 Å². The van der Waals surface area contributed by atoms with Gasteiger partial charge in [0, 0.05) is 14.1 Å². The second kappa shape index (κ2) is 5.63. The van der Waals surface area contributed by atoms with Crippen molar-refractivity contribution in [2.45, 2.75) is 13.3 Å². The zero-order chi connectivity index (χ0) is 15.6. The van der Waals surface area contributed by atoms with Gasteiger partial charge in [-0.2, -0.15) is 10.4 Å². The largest absolute Gasteiger partial charge is 0.334 e. The van der Waals surface area contributed by atoms with Crippen molar-refractivity contribution in [2.75, 3.05) is 11.9 Å². The van der Waals surface area contributed by atoms with Crippen molar-refractivity contribution in [3.8, 4) is 6.07 Å². The van der Waals surface area contributed by atoms with Crippen LogP contribution >= 0.6 is 0 Å². The first-order chi connectivity index (χ1) is 10.0. The number of hydrogen-bond acceptors (Lipinski definition) is 5. The molecule has 2 rings (SSSR count). The van der Waals surface area contributed by atoms with Crippen LogP contribution < -0.4 is 4.90 Å². The van der Waals surface area contributed by atoms with Gasteiger partial charge >= 0.3 is 5.69 Å². The lowest BCUT2D eigenvalue weighted by molar-refractivity contribution is -0.384. The summed E-state index contributed by atoms with van der Waals surface area (Å²) in [6, 6.07) is 9.06. The van der Waals surface area contributed by atoms with E-state index in [0.717, 1.165) is 0 Å². The molecular weight excluding hydrogens is 270 g/mol. The molecule has 0 saturated carbocycles. The highest BCUT2D eigenvalue weighted by atomic mass is 16.6. The highest BCUT2D eigenvalue weighted by Gasteiger charge is 2.29. The predicted molar refractivity (Wildman–Crippen MR) is 78.5 cm³/mol. The average molecular weight is 285 g/mol. The Hall–Kier alpha value is -2.88. The summed E-state index contributed by atoms with van der Waals surface area (Å²) in [4.78, 5) is 12.6. The molecule has 0 fully saturated rings. The second-order valence-corrected chi connectivity index (χ2v) is 4.54. The zero-order valence-corrected chi connectivity index (χ0v) is 12.1. The van der Waals surface area contributed by atoms with E-state index in [0.29, 0.717) is 29.2 Å². The molecule has 21 heavy (non-hydrogen) atoms. The van der Waals surface area contributed by atoms with Gasteiger partial charge in [-0.15, -0.1) is 0 Å². The van der Waals surface area contributed by atoms with Crippen LogP contribution in [0.2, 0.25) is 0 Å². The van der Waals surface area contributed by atoms with Crippen molar-refractivity contribution >= 4 is 17.2 Å². The maximum atomic E-state index is 11.4. The van der Waals surface area contributed by atoms with E-state index in [4.69, 9.17) is 0 Å². The number of nitriles is 1. The van der Waals surface area contributed by atoms with Gasteiger partial charge in [0.15, 0.2) is 0 Å². The Kier molecular flexibility index (Phi) is 3.89. The standard InChI is InChI=1S/C14H15N5O2/c1-4-11-13(19(20)21)14(18(3)16-11)17(2)12-8-6-5-7-10(12)9-15/h5-8H,4H2,1-3H3. The summed E-state index contributed by atoms with van der Waals surface area (Å²) in [5, 5.41) is 24.7. The molecule has 0 aliphatic rings. The lowest BCUT2D eigenvalue weighted by atomic mass is 10.1. The van der Waals surface area contributed by atoms with Crippen LogP contribution in [0.3, 0.4) is 0 Å². The summed E-state index contributed by atoms with van der Waals surface area (Å²) in [5.74, 6) is 0.361. The molecule has 0 aliphatic heterocycles. The summed E-state index contributed by atoms with van der Waals surface area (Å²) in [6.07, 6.45) is 0.470. The molecule has 7 heteroatoms. The minimum atomic E-state index is -0.424. The van der Waals surface area contributed by atoms with E-state index in [-0.39, 0.29) is 5.69 Å². The predicted octanol–water partition coefficient (Wildman–Crippen LogP) is 2.53. The fraction of sp³-hybridized carbons (Fsp3) is 0.286. The van der Waals surface area contributed by atoms with Crippen LogP contribution in [0.15, 0.2) is 24.3 Å². The van der Waals surface area contributed by atoms with E-state index in [1.54, 1.807) is 43.3 Å². The van der Waals surface area contributed by atoms with Gasteiger partial charge in [-0.1, -0.05) is 19.1 Å². The normalized spacial score (nSPS) is 10.2. The Labute approximate surface area is 122 Å². The number of nitro groups is 1. The first-order valence-electron chi connectivity index (χ1n) is 6.44. The molecule has 1 aromatic heterocycles. The van der Waals surface area contributed by atoms with E-state index >= 15 is 0 Å². The van der Waals surface area contributed by atoms with Crippen LogP contribution in [-0.4, -0.2) is 21.8 Å². The number of hydrogen-bond donors (Lipinski definition) is 0. The molecular formula is C14H15N5O2. The van der Waals surface area contributed by atoms with Gasteiger partial charge in [-0.25, -0.2) is 4.68 Å². The molecule has 1 aromatic carbocycles. The maximum absolute atomic E-state index is 11.4. The number of rotatable bonds is 4. The number of anilines is 2. The molecule has 0 saturated heterocycles. The van der Waals surface area contributed by atoms with Crippen molar-refractivity contribution in [2.24, 2.45) is 7.05 Å². The van der Waals surface area contributed by atoms with E-state index < -0.39 is 4.92 Å². The lowest BCUT2D eigenvalue weighted by Gasteiger charge is -2.19. The monoisotopic (exact) mass is 285 g/mol. The van der Waals surface area contributed by atoms with Gasteiger partial charge in [-0.3, -0.25) is 10.1 Å². The first-order valence-corrected chi connectivity index (χ1v) is 6.44. The summed E-state index contributed by atoms with van der Waals surface area (Å²) in [7, 11) is 3.35. The fourth-order valence-electron chi connectivity index (χ4n) is 2.33. The van der Waals surface area contributed by atoms with Gasteiger partial charge in [-0.05, 0) is 18.6 Å². The van der Waals surface area contributed by atoms with Crippen LogP contribution in [0.1, 0.15) is 18.2 Å². The number of nitrogens with zero attached hydrogens (tertiary/aromatic N) is 5. The molecule has 0 bridgehead atoms. The van der Waals surface area contributed by atoms with Crippen LogP contribution in [0, 0.1) is 21.4 Å². The third kappa shape index (κ3) is 2.43. The molecule has 0 atom stereocenters. The highest BCUT2D eigenvalue weighted by Crippen LogP contribution is 2.36. The van der Waals surface area contributed by atoms with Crippen molar-refractivity contribution in [3.63, 3.8) is 0 Å². The van der Waals surface area contributed by atoms with E-state index in [1.165, 1.54) is 4.68 Å². The third-order valence-electron chi connectivity index (χ3n) is 3.28. The molecule has 0 N–H and O–H groups in total. The van der Waals surface area contributed by atoms with Crippen LogP contribution in [0.25, 0.3) is 0 Å². The molecule has 0 unspecified atom stereocenters. The quantitative estimate of drug-likeness (QED) is 0.636. The van der Waals surface area contributed by atoms with E-state index in [9.17, 15) is 15.4 Å². The van der Waals surface area contributed by atoms with Crippen molar-refractivity contribution in [1.29, 1.82) is 5.26 Å². The van der Waals surface area contributed by atoms with Crippen molar-refractivity contribution < 1.29 is 4.92 Å². The molecule has 1 heterocycles. The Bertz CT molecular complexity index is 729. The van der Waals surface area contributed by atoms with Gasteiger partial charge in [0.1, 0.15) is 11.8 Å². The SMILES string of the molecule is CCc1nn(C)c(N(C)c2ccccc2C#N)c1[N+](=O)[O-]. The molecule has 2 aromatic rings. The molecule has 7 nitrogen and oxygen atoms in total. The summed E-state index contributed by atoms with van der Waals surface area (Å²) < 4.78 is 1.48. The number of benzene rings is 1. The van der Waals surface area contributed by atoms with Gasteiger partial charge < -0.3 is 4.90 Å². The number of aromatic nitrogens is 2. The van der Waals surface area contributed by atoms with Crippen LogP contribution in [-0.2, 0) is 13.5 Å². The molecule has 108 valence electrons. The fourth-order valence-corrected chi connectivity index (χ4v) is 2.33. The van der Waals surface area contributed by atoms with Crippen LogP contribution in [0.5, 0.6) is 0 Å². The summed E-state index contributed by atoms with van der Waals surface area (Å²) >= 11 is 0. The molecule has 0 amide bonds. The van der Waals surface area contributed by atoms with E-state index in [1.807, 2.05) is 6.92 Å². The lowest BCUT2D eigenvalue weighted by Crippen LogP contribution is -2.16. The second-order valence-electron chi connectivity index (χ2n) is 4.54. The Balaban J connectivity index is 2.64. The molecule has 0 spiro atoms. The van der Waals surface area contributed by atoms with Crippen molar-refractivity contribution in [3.05, 3.63) is 45.6 Å². The van der Waals surface area contributed by atoms with Gasteiger partial charge in [0.2, 0.25) is 5.82 Å². The minimum absolute atomic E-state index is 0.0183. The summed E-state index contributed by atoms with van der Waals surface area (Å²) in [6.45, 7) is 1.82.